The first kappa shape index (κ1) is 7.99. The predicted molar refractivity (Wildman–Crippen MR) is 49.6 cm³/mol. The molecule has 0 aliphatic heterocycles. The topological polar surface area (TPSA) is 12.4 Å². The summed E-state index contributed by atoms with van der Waals surface area (Å²) < 4.78 is 0. The number of benzene rings is 1. The van der Waals surface area contributed by atoms with Crippen LogP contribution in [-0.2, 0) is 6.42 Å². The summed E-state index contributed by atoms with van der Waals surface area (Å²) in [6.45, 7) is 4.08. The van der Waals surface area contributed by atoms with Gasteiger partial charge in [-0.1, -0.05) is 19.1 Å². The predicted octanol–water partition coefficient (Wildman–Crippen LogP) is 2.97. The molecule has 0 bridgehead atoms. The van der Waals surface area contributed by atoms with E-state index in [1.54, 1.807) is 6.21 Å². The first-order valence-electron chi connectivity index (χ1n) is 3.94. The summed E-state index contributed by atoms with van der Waals surface area (Å²) in [5.41, 5.74) is 2.39. The molecule has 1 aromatic carbocycles. The third-order valence-corrected chi connectivity index (χ3v) is 1.62. The zero-order valence-electron chi connectivity index (χ0n) is 7.04. The third-order valence-electron chi connectivity index (χ3n) is 1.62. The van der Waals surface area contributed by atoms with Crippen LogP contribution in [0.3, 0.4) is 0 Å². The lowest BCUT2D eigenvalue weighted by Gasteiger charge is -1.95. The molecule has 1 nitrogen and oxygen atoms in total. The van der Waals surface area contributed by atoms with Crippen molar-refractivity contribution in [1.29, 1.82) is 0 Å². The Hall–Kier alpha value is -1.11. The highest BCUT2D eigenvalue weighted by atomic mass is 14.7. The monoisotopic (exact) mass is 147 g/mol. The summed E-state index contributed by atoms with van der Waals surface area (Å²) in [7, 11) is 0. The number of nitrogens with zero attached hydrogens (tertiary/aromatic N) is 1. The van der Waals surface area contributed by atoms with Crippen molar-refractivity contribution >= 4 is 11.9 Å². The van der Waals surface area contributed by atoms with Gasteiger partial charge in [-0.25, -0.2) is 0 Å². The fraction of sp³-hybridized carbons (Fsp3) is 0.300. The molecule has 0 saturated carbocycles. The van der Waals surface area contributed by atoms with Crippen LogP contribution in [0.4, 0.5) is 5.69 Å². The van der Waals surface area contributed by atoms with E-state index in [2.05, 4.69) is 24.0 Å². The highest BCUT2D eigenvalue weighted by Crippen LogP contribution is 2.12. The number of aliphatic imine (C=N–C) groups is 1. The zero-order chi connectivity index (χ0) is 8.10. The molecule has 0 radical (unpaired) electrons. The first-order chi connectivity index (χ1) is 5.36. The van der Waals surface area contributed by atoms with Crippen LogP contribution in [0.1, 0.15) is 19.4 Å². The summed E-state index contributed by atoms with van der Waals surface area (Å²) in [6.07, 6.45) is 2.90. The second-order valence-corrected chi connectivity index (χ2v) is 2.41. The van der Waals surface area contributed by atoms with Gasteiger partial charge in [0.2, 0.25) is 0 Å². The van der Waals surface area contributed by atoms with Crippen LogP contribution < -0.4 is 0 Å². The Morgan fingerprint density at radius 1 is 1.27 bits per heavy atom. The Balaban J connectivity index is 2.82. The minimum atomic E-state index is 1.03. The maximum Gasteiger partial charge on any atom is 0.0625 e. The van der Waals surface area contributed by atoms with Gasteiger partial charge in [-0.05, 0) is 31.0 Å². The molecule has 0 saturated heterocycles. The molecule has 0 spiro atoms. The maximum absolute atomic E-state index is 4.16. The number of rotatable bonds is 2. The molecule has 0 heterocycles. The van der Waals surface area contributed by atoms with Crippen LogP contribution >= 0.6 is 0 Å². The summed E-state index contributed by atoms with van der Waals surface area (Å²) in [4.78, 5) is 4.16. The maximum atomic E-state index is 4.16. The first-order valence-corrected chi connectivity index (χ1v) is 3.94. The van der Waals surface area contributed by atoms with Crippen LogP contribution in [-0.4, -0.2) is 6.21 Å². The summed E-state index contributed by atoms with van der Waals surface area (Å²) in [5, 5.41) is 0. The Morgan fingerprint density at radius 3 is 2.36 bits per heavy atom. The van der Waals surface area contributed by atoms with Crippen molar-refractivity contribution in [2.45, 2.75) is 20.3 Å². The van der Waals surface area contributed by atoms with E-state index in [9.17, 15) is 0 Å². The average Bonchev–Trinajstić information content (AvgIpc) is 2.07. The molecule has 0 aromatic heterocycles. The van der Waals surface area contributed by atoms with E-state index in [0.717, 1.165) is 12.1 Å². The minimum Gasteiger partial charge on any atom is -0.262 e. The van der Waals surface area contributed by atoms with Crippen molar-refractivity contribution in [3.8, 4) is 0 Å². The van der Waals surface area contributed by atoms with E-state index in [0.29, 0.717) is 0 Å². The molecule has 0 fully saturated rings. The molecule has 0 atom stereocenters. The highest BCUT2D eigenvalue weighted by molar-refractivity contribution is 5.60. The molecule has 0 amide bonds. The highest BCUT2D eigenvalue weighted by Gasteiger charge is 1.87. The van der Waals surface area contributed by atoms with Gasteiger partial charge in [-0.3, -0.25) is 4.99 Å². The van der Waals surface area contributed by atoms with E-state index < -0.39 is 0 Å². The number of hydrogen-bond acceptors (Lipinski definition) is 1. The van der Waals surface area contributed by atoms with Crippen LogP contribution in [0.2, 0.25) is 0 Å². The fourth-order valence-electron chi connectivity index (χ4n) is 0.967. The van der Waals surface area contributed by atoms with Crippen LogP contribution in [0.5, 0.6) is 0 Å². The van der Waals surface area contributed by atoms with E-state index in [1.165, 1.54) is 5.56 Å². The fourth-order valence-corrected chi connectivity index (χ4v) is 0.967. The standard InChI is InChI=1S/C10H13N/c1-3-9-5-7-10(8-6-9)11-4-2/h4-8H,3H2,1-2H3. The van der Waals surface area contributed by atoms with Gasteiger partial charge in [0.05, 0.1) is 5.69 Å². The van der Waals surface area contributed by atoms with Crippen molar-refractivity contribution in [2.75, 3.05) is 0 Å². The second-order valence-electron chi connectivity index (χ2n) is 2.41. The van der Waals surface area contributed by atoms with Gasteiger partial charge in [-0.2, -0.15) is 0 Å². The SMILES string of the molecule is CC=Nc1ccc(CC)cc1. The van der Waals surface area contributed by atoms with Gasteiger partial charge >= 0.3 is 0 Å². The molecule has 1 aromatic rings. The molecular formula is C10H13N. The van der Waals surface area contributed by atoms with Crippen molar-refractivity contribution in [3.63, 3.8) is 0 Å². The lowest BCUT2D eigenvalue weighted by atomic mass is 10.2. The summed E-state index contributed by atoms with van der Waals surface area (Å²) >= 11 is 0. The molecule has 0 aliphatic carbocycles. The number of hydrogen-bond donors (Lipinski definition) is 0. The van der Waals surface area contributed by atoms with E-state index >= 15 is 0 Å². The zero-order valence-corrected chi connectivity index (χ0v) is 7.04. The minimum absolute atomic E-state index is 1.03. The van der Waals surface area contributed by atoms with Crippen LogP contribution in [0.25, 0.3) is 0 Å². The smallest absolute Gasteiger partial charge is 0.0625 e. The molecule has 1 heteroatoms. The van der Waals surface area contributed by atoms with E-state index in [4.69, 9.17) is 0 Å². The van der Waals surface area contributed by atoms with Crippen LogP contribution in [0, 0.1) is 0 Å². The molecule has 11 heavy (non-hydrogen) atoms. The molecule has 1 rings (SSSR count). The van der Waals surface area contributed by atoms with Crippen molar-refractivity contribution in [3.05, 3.63) is 29.8 Å². The molecule has 0 aliphatic rings. The van der Waals surface area contributed by atoms with Crippen molar-refractivity contribution < 1.29 is 0 Å². The van der Waals surface area contributed by atoms with Gasteiger partial charge < -0.3 is 0 Å². The van der Waals surface area contributed by atoms with Crippen molar-refractivity contribution in [2.24, 2.45) is 4.99 Å². The van der Waals surface area contributed by atoms with Crippen LogP contribution in [0.15, 0.2) is 29.3 Å². The third kappa shape index (κ3) is 2.19. The largest absolute Gasteiger partial charge is 0.262 e. The van der Waals surface area contributed by atoms with Gasteiger partial charge in [0.25, 0.3) is 0 Å². The van der Waals surface area contributed by atoms with E-state index in [1.807, 2.05) is 19.1 Å². The second kappa shape index (κ2) is 3.91. The Labute approximate surface area is 67.8 Å². The molecule has 58 valence electrons. The summed E-state index contributed by atoms with van der Waals surface area (Å²) in [6, 6.07) is 8.31. The van der Waals surface area contributed by atoms with Gasteiger partial charge in [0.15, 0.2) is 0 Å². The van der Waals surface area contributed by atoms with E-state index in [-0.39, 0.29) is 0 Å². The lowest BCUT2D eigenvalue weighted by molar-refractivity contribution is 1.14. The normalized spacial score (nSPS) is 10.7. The van der Waals surface area contributed by atoms with Gasteiger partial charge in [0, 0.05) is 6.21 Å². The van der Waals surface area contributed by atoms with Gasteiger partial charge in [0.1, 0.15) is 0 Å². The van der Waals surface area contributed by atoms with Gasteiger partial charge in [-0.15, -0.1) is 0 Å². The molecule has 0 N–H and O–H groups in total. The quantitative estimate of drug-likeness (QED) is 0.570. The summed E-state index contributed by atoms with van der Waals surface area (Å²) in [5.74, 6) is 0. The molecule has 0 unspecified atom stereocenters. The average molecular weight is 147 g/mol. The molecular weight excluding hydrogens is 134 g/mol. The van der Waals surface area contributed by atoms with Crippen molar-refractivity contribution in [1.82, 2.24) is 0 Å². The number of aryl methyl sites for hydroxylation is 1. The Bertz CT molecular complexity index is 234. The Morgan fingerprint density at radius 2 is 1.91 bits per heavy atom. The lowest BCUT2D eigenvalue weighted by Crippen LogP contribution is -1.76. The Kier molecular flexibility index (Phi) is 2.84.